The van der Waals surface area contributed by atoms with Crippen molar-refractivity contribution in [1.82, 2.24) is 15.5 Å². The highest BCUT2D eigenvalue weighted by Gasteiger charge is 2.29. The Balaban J connectivity index is 2.06. The molecule has 1 aliphatic carbocycles. The molecule has 0 aliphatic heterocycles. The minimum atomic E-state index is -4.72. The van der Waals surface area contributed by atoms with Crippen molar-refractivity contribution >= 4 is 31.5 Å². The molecule has 0 spiro atoms. The monoisotopic (exact) mass is 555 g/mol. The highest BCUT2D eigenvalue weighted by atomic mass is 31.2. The molecule has 1 aliphatic rings. The van der Waals surface area contributed by atoms with Crippen LogP contribution in [0.4, 0.5) is 0 Å². The molecule has 2 atom stereocenters. The molecule has 3 amide bonds. The molecule has 0 heterocycles. The molecule has 1 aromatic rings. The molecule has 12 nitrogen and oxygen atoms in total. The van der Waals surface area contributed by atoms with E-state index >= 15 is 0 Å². The molecular weight excluding hydrogens is 517 g/mol. The number of aliphatic carboxylic acids is 1. The fourth-order valence-electron chi connectivity index (χ4n) is 4.60. The number of benzene rings is 1. The maximum absolute atomic E-state index is 13.1. The van der Waals surface area contributed by atoms with Gasteiger partial charge in [-0.15, -0.1) is 0 Å². The van der Waals surface area contributed by atoms with E-state index in [1.165, 1.54) is 61.8 Å². The second-order valence-corrected chi connectivity index (χ2v) is 10.9. The summed E-state index contributed by atoms with van der Waals surface area (Å²) in [6.45, 7) is 1.73. The van der Waals surface area contributed by atoms with E-state index in [-0.39, 0.29) is 25.0 Å². The number of carboxylic acid groups (broad SMARTS) is 1. The van der Waals surface area contributed by atoms with E-state index in [1.807, 2.05) is 0 Å². The number of phosphoric acid groups is 1. The van der Waals surface area contributed by atoms with Gasteiger partial charge in [0.25, 0.3) is 0 Å². The van der Waals surface area contributed by atoms with Gasteiger partial charge in [0.05, 0.1) is 0 Å². The molecule has 0 saturated heterocycles. The van der Waals surface area contributed by atoms with Crippen molar-refractivity contribution in [2.75, 3.05) is 13.6 Å². The van der Waals surface area contributed by atoms with E-state index in [2.05, 4.69) is 15.2 Å². The molecule has 13 heteroatoms. The first-order chi connectivity index (χ1) is 17.8. The Bertz CT molecular complexity index is 1010. The van der Waals surface area contributed by atoms with Crippen molar-refractivity contribution in [1.29, 1.82) is 0 Å². The molecular formula is C25H38N3O9P. The summed E-state index contributed by atoms with van der Waals surface area (Å²) in [5, 5.41) is 14.3. The maximum atomic E-state index is 13.1. The summed E-state index contributed by atoms with van der Waals surface area (Å²) in [5.74, 6) is -2.03. The van der Waals surface area contributed by atoms with Crippen molar-refractivity contribution in [3.8, 4) is 5.75 Å². The van der Waals surface area contributed by atoms with Gasteiger partial charge in [0, 0.05) is 33.4 Å². The van der Waals surface area contributed by atoms with Crippen molar-refractivity contribution in [2.24, 2.45) is 5.92 Å². The van der Waals surface area contributed by atoms with Gasteiger partial charge in [-0.25, -0.2) is 4.57 Å². The van der Waals surface area contributed by atoms with Crippen LogP contribution < -0.4 is 15.2 Å². The molecule has 0 aromatic heterocycles. The number of hydrogen-bond acceptors (Lipinski definition) is 6. The summed E-state index contributed by atoms with van der Waals surface area (Å²) in [7, 11) is -3.10. The third kappa shape index (κ3) is 11.6. The average Bonchev–Trinajstić information content (AvgIpc) is 3.34. The van der Waals surface area contributed by atoms with Gasteiger partial charge in [0.2, 0.25) is 17.7 Å². The van der Waals surface area contributed by atoms with Crippen LogP contribution in [0.3, 0.4) is 0 Å². The van der Waals surface area contributed by atoms with E-state index in [0.717, 1.165) is 12.8 Å². The number of carbonyl (C=O) groups is 4. The van der Waals surface area contributed by atoms with Crippen LogP contribution in [-0.4, -0.2) is 69.2 Å². The van der Waals surface area contributed by atoms with Crippen molar-refractivity contribution < 1.29 is 43.2 Å². The lowest BCUT2D eigenvalue weighted by Gasteiger charge is -2.27. The van der Waals surface area contributed by atoms with Gasteiger partial charge < -0.3 is 25.2 Å². The third-order valence-electron chi connectivity index (χ3n) is 6.50. The van der Waals surface area contributed by atoms with E-state index in [0.29, 0.717) is 18.0 Å². The van der Waals surface area contributed by atoms with Gasteiger partial charge >= 0.3 is 13.8 Å². The smallest absolute Gasteiger partial charge is 0.481 e. The molecule has 0 unspecified atom stereocenters. The predicted octanol–water partition coefficient (Wildman–Crippen LogP) is 1.98. The number of phosphoric ester groups is 1. The van der Waals surface area contributed by atoms with Crippen LogP contribution in [-0.2, 0) is 30.2 Å². The number of carbonyl (C=O) groups excluding carboxylic acids is 3. The number of hydrogen-bond donors (Lipinski definition) is 5. The second kappa shape index (κ2) is 14.8. The molecule has 212 valence electrons. The normalized spacial score (nSPS) is 15.4. The molecule has 0 radical (unpaired) electrons. The molecule has 0 bridgehead atoms. The van der Waals surface area contributed by atoms with E-state index in [1.54, 1.807) is 7.05 Å². The lowest BCUT2D eigenvalue weighted by Crippen LogP contribution is -2.54. The van der Waals surface area contributed by atoms with Crippen molar-refractivity contribution in [2.45, 2.75) is 76.8 Å². The summed E-state index contributed by atoms with van der Waals surface area (Å²) in [6, 6.07) is 3.45. The molecule has 1 fully saturated rings. The second-order valence-electron chi connectivity index (χ2n) is 9.73. The number of likely N-dealkylation sites (N-methyl/N-ethyl adjacent to an activating group) is 1. The Hall–Kier alpha value is -2.95. The number of amides is 3. The predicted molar refractivity (Wildman–Crippen MR) is 138 cm³/mol. The van der Waals surface area contributed by atoms with E-state index in [4.69, 9.17) is 14.9 Å². The number of nitrogens with zero attached hydrogens (tertiary/aromatic N) is 1. The number of carboxylic acids is 1. The summed E-state index contributed by atoms with van der Waals surface area (Å²) in [4.78, 5) is 68.6. The largest absolute Gasteiger partial charge is 0.524 e. The SMILES string of the molecule is CC(=O)N[C@@H](Cc1ccc(OP(=O)(O)O)cc1)C(=O)N[C@@H](CCC(=O)O)C(=O)N(C)CCCC1CCCC1. The summed E-state index contributed by atoms with van der Waals surface area (Å²) >= 11 is 0. The van der Waals surface area contributed by atoms with Gasteiger partial charge in [-0.2, -0.15) is 0 Å². The van der Waals surface area contributed by atoms with Crippen LogP contribution in [0.2, 0.25) is 0 Å². The zero-order valence-corrected chi connectivity index (χ0v) is 22.7. The van der Waals surface area contributed by atoms with Gasteiger partial charge in [0.1, 0.15) is 17.8 Å². The Kier molecular flexibility index (Phi) is 12.2. The molecule has 1 aromatic carbocycles. The first-order valence-corrected chi connectivity index (χ1v) is 14.3. The zero-order valence-electron chi connectivity index (χ0n) is 21.8. The number of rotatable bonds is 15. The summed E-state index contributed by atoms with van der Waals surface area (Å²) in [6.07, 6.45) is 6.32. The molecule has 1 saturated carbocycles. The van der Waals surface area contributed by atoms with Crippen LogP contribution in [0.1, 0.15) is 63.9 Å². The van der Waals surface area contributed by atoms with Crippen LogP contribution in [0, 0.1) is 5.92 Å². The van der Waals surface area contributed by atoms with Gasteiger partial charge in [0.15, 0.2) is 0 Å². The Morgan fingerprint density at radius 3 is 2.26 bits per heavy atom. The zero-order chi connectivity index (χ0) is 28.3. The topological polar surface area (TPSA) is 183 Å². The van der Waals surface area contributed by atoms with Crippen LogP contribution in [0.5, 0.6) is 5.75 Å². The minimum Gasteiger partial charge on any atom is -0.481 e. The molecule has 2 rings (SSSR count). The van der Waals surface area contributed by atoms with E-state index in [9.17, 15) is 23.7 Å². The minimum absolute atomic E-state index is 0.0126. The van der Waals surface area contributed by atoms with Crippen molar-refractivity contribution in [3.05, 3.63) is 29.8 Å². The Morgan fingerprint density at radius 1 is 1.08 bits per heavy atom. The Morgan fingerprint density at radius 2 is 1.71 bits per heavy atom. The molecule has 5 N–H and O–H groups in total. The lowest BCUT2D eigenvalue weighted by molar-refractivity contribution is -0.139. The van der Waals surface area contributed by atoms with Crippen LogP contribution in [0.15, 0.2) is 24.3 Å². The first kappa shape index (κ1) is 31.3. The third-order valence-corrected chi connectivity index (χ3v) is 6.95. The van der Waals surface area contributed by atoms with Crippen molar-refractivity contribution in [3.63, 3.8) is 0 Å². The fourth-order valence-corrected chi connectivity index (χ4v) is 5.00. The summed E-state index contributed by atoms with van der Waals surface area (Å²) in [5.41, 5.74) is 0.550. The average molecular weight is 556 g/mol. The quantitative estimate of drug-likeness (QED) is 0.202. The van der Waals surface area contributed by atoms with Crippen LogP contribution >= 0.6 is 7.82 Å². The van der Waals surface area contributed by atoms with Gasteiger partial charge in [-0.1, -0.05) is 37.8 Å². The highest BCUT2D eigenvalue weighted by molar-refractivity contribution is 7.46. The summed E-state index contributed by atoms with van der Waals surface area (Å²) < 4.78 is 15.5. The van der Waals surface area contributed by atoms with E-state index < -0.39 is 43.6 Å². The fraction of sp³-hybridized carbons (Fsp3) is 0.600. The first-order valence-electron chi connectivity index (χ1n) is 12.7. The van der Waals surface area contributed by atoms with Gasteiger partial charge in [-0.3, -0.25) is 29.0 Å². The Labute approximate surface area is 222 Å². The highest BCUT2D eigenvalue weighted by Crippen LogP contribution is 2.37. The van der Waals surface area contributed by atoms with Gasteiger partial charge in [-0.05, 0) is 42.9 Å². The lowest BCUT2D eigenvalue weighted by atomic mass is 10.0. The maximum Gasteiger partial charge on any atom is 0.524 e. The molecule has 38 heavy (non-hydrogen) atoms. The standard InChI is InChI=1S/C25H38N3O9P/c1-17(29)26-22(16-19-9-11-20(12-10-19)37-38(34,35)36)24(32)27-21(13-14-23(30)31)25(33)28(2)15-5-8-18-6-3-4-7-18/h9-12,18,21-22H,3-8,13-16H2,1-2H3,(H,26,29)(H,27,32)(H,30,31)(H2,34,35,36)/t21-,22-/m0/s1. The number of nitrogens with one attached hydrogen (secondary N) is 2. The van der Waals surface area contributed by atoms with Crippen LogP contribution in [0.25, 0.3) is 0 Å².